The Morgan fingerprint density at radius 3 is 2.67 bits per heavy atom. The van der Waals surface area contributed by atoms with Gasteiger partial charge in [0.2, 0.25) is 5.91 Å². The SMILES string of the molecule is COc1ccccc1Cn1ccnc1SCC(=O)Nc1cc(C)cc(C)c1. The van der Waals surface area contributed by atoms with Crippen LogP contribution in [0.4, 0.5) is 5.69 Å². The van der Waals surface area contributed by atoms with E-state index in [1.165, 1.54) is 11.8 Å². The Hall–Kier alpha value is -2.73. The number of nitrogens with zero attached hydrogens (tertiary/aromatic N) is 2. The molecule has 3 aromatic rings. The van der Waals surface area contributed by atoms with Gasteiger partial charge in [-0.3, -0.25) is 4.79 Å². The van der Waals surface area contributed by atoms with Gasteiger partial charge < -0.3 is 14.6 Å². The van der Waals surface area contributed by atoms with Crippen LogP contribution < -0.4 is 10.1 Å². The normalized spacial score (nSPS) is 10.6. The number of carbonyl (C=O) groups is 1. The summed E-state index contributed by atoms with van der Waals surface area (Å²) >= 11 is 1.42. The van der Waals surface area contributed by atoms with Crippen LogP contribution in [-0.2, 0) is 11.3 Å². The van der Waals surface area contributed by atoms with Gasteiger partial charge in [-0.1, -0.05) is 36.0 Å². The van der Waals surface area contributed by atoms with Crippen molar-refractivity contribution in [2.45, 2.75) is 25.5 Å². The predicted molar refractivity (Wildman–Crippen MR) is 110 cm³/mol. The lowest BCUT2D eigenvalue weighted by Gasteiger charge is -2.11. The molecule has 1 N–H and O–H groups in total. The highest BCUT2D eigenvalue weighted by Crippen LogP contribution is 2.22. The van der Waals surface area contributed by atoms with E-state index >= 15 is 0 Å². The third-order valence-corrected chi connectivity index (χ3v) is 5.05. The third kappa shape index (κ3) is 5.14. The van der Waals surface area contributed by atoms with E-state index in [4.69, 9.17) is 4.74 Å². The maximum atomic E-state index is 12.3. The Kier molecular flexibility index (Phi) is 6.19. The monoisotopic (exact) mass is 381 g/mol. The molecule has 0 saturated carbocycles. The van der Waals surface area contributed by atoms with E-state index < -0.39 is 0 Å². The molecular formula is C21H23N3O2S. The van der Waals surface area contributed by atoms with Crippen LogP contribution in [0.3, 0.4) is 0 Å². The predicted octanol–water partition coefficient (Wildman–Crippen LogP) is 4.29. The van der Waals surface area contributed by atoms with E-state index in [0.29, 0.717) is 12.3 Å². The van der Waals surface area contributed by atoms with Crippen molar-refractivity contribution in [1.29, 1.82) is 0 Å². The molecular weight excluding hydrogens is 358 g/mol. The number of aromatic nitrogens is 2. The van der Waals surface area contributed by atoms with Crippen molar-refractivity contribution in [3.05, 3.63) is 71.5 Å². The van der Waals surface area contributed by atoms with Crippen molar-refractivity contribution in [3.8, 4) is 5.75 Å². The Bertz CT molecular complexity index is 916. The van der Waals surface area contributed by atoms with Crippen molar-refractivity contribution in [2.24, 2.45) is 0 Å². The third-order valence-electron chi connectivity index (χ3n) is 4.05. The number of rotatable bonds is 7. The molecule has 0 fully saturated rings. The van der Waals surface area contributed by atoms with E-state index in [9.17, 15) is 4.79 Å². The maximum absolute atomic E-state index is 12.3. The van der Waals surface area contributed by atoms with Crippen LogP contribution in [0.2, 0.25) is 0 Å². The molecule has 0 bridgehead atoms. The first-order chi connectivity index (χ1) is 13.0. The average Bonchev–Trinajstić information content (AvgIpc) is 3.06. The molecule has 1 heterocycles. The number of thioether (sulfide) groups is 1. The molecule has 0 aliphatic heterocycles. The number of nitrogens with one attached hydrogen (secondary N) is 1. The van der Waals surface area contributed by atoms with E-state index in [2.05, 4.69) is 16.4 Å². The second-order valence-electron chi connectivity index (χ2n) is 6.36. The van der Waals surface area contributed by atoms with Gasteiger partial charge in [0, 0.05) is 23.6 Å². The standard InChI is InChI=1S/C21H23N3O2S/c1-15-10-16(2)12-18(11-15)23-20(25)14-27-21-22-8-9-24(21)13-17-6-4-5-7-19(17)26-3/h4-12H,13-14H2,1-3H3,(H,23,25). The topological polar surface area (TPSA) is 56.2 Å². The Balaban J connectivity index is 1.62. The summed E-state index contributed by atoms with van der Waals surface area (Å²) in [6, 6.07) is 13.9. The molecule has 3 rings (SSSR count). The summed E-state index contributed by atoms with van der Waals surface area (Å²) in [5, 5.41) is 3.76. The minimum absolute atomic E-state index is 0.0446. The second kappa shape index (κ2) is 8.77. The largest absolute Gasteiger partial charge is 0.496 e. The smallest absolute Gasteiger partial charge is 0.234 e. The number of amides is 1. The summed E-state index contributed by atoms with van der Waals surface area (Å²) in [7, 11) is 1.67. The molecule has 0 saturated heterocycles. The molecule has 2 aromatic carbocycles. The van der Waals surface area contributed by atoms with Gasteiger partial charge in [0.15, 0.2) is 5.16 Å². The summed E-state index contributed by atoms with van der Waals surface area (Å²) in [6.07, 6.45) is 3.66. The molecule has 0 atom stereocenters. The number of para-hydroxylation sites is 1. The first kappa shape index (κ1) is 19.0. The van der Waals surface area contributed by atoms with Gasteiger partial charge >= 0.3 is 0 Å². The van der Waals surface area contributed by atoms with Crippen LogP contribution in [0.25, 0.3) is 0 Å². The van der Waals surface area contributed by atoms with Gasteiger partial charge in [-0.2, -0.15) is 0 Å². The Morgan fingerprint density at radius 2 is 1.93 bits per heavy atom. The summed E-state index contributed by atoms with van der Waals surface area (Å²) in [5.41, 5.74) is 4.16. The molecule has 0 aliphatic carbocycles. The Morgan fingerprint density at radius 1 is 1.19 bits per heavy atom. The zero-order valence-corrected chi connectivity index (χ0v) is 16.5. The first-order valence-corrected chi connectivity index (χ1v) is 9.67. The minimum atomic E-state index is -0.0446. The van der Waals surface area contributed by atoms with Crippen molar-refractivity contribution < 1.29 is 9.53 Å². The van der Waals surface area contributed by atoms with Crippen molar-refractivity contribution in [3.63, 3.8) is 0 Å². The van der Waals surface area contributed by atoms with Crippen LogP contribution >= 0.6 is 11.8 Å². The van der Waals surface area contributed by atoms with E-state index in [1.807, 2.05) is 61.0 Å². The fourth-order valence-electron chi connectivity index (χ4n) is 2.95. The number of hydrogen-bond donors (Lipinski definition) is 1. The molecule has 6 heteroatoms. The van der Waals surface area contributed by atoms with Gasteiger partial charge in [0.05, 0.1) is 19.4 Å². The highest BCUT2D eigenvalue weighted by molar-refractivity contribution is 7.99. The lowest BCUT2D eigenvalue weighted by molar-refractivity contribution is -0.113. The van der Waals surface area contributed by atoms with E-state index in [-0.39, 0.29) is 5.91 Å². The van der Waals surface area contributed by atoms with Crippen molar-refractivity contribution in [1.82, 2.24) is 9.55 Å². The van der Waals surface area contributed by atoms with E-state index in [0.717, 1.165) is 33.3 Å². The van der Waals surface area contributed by atoms with Crippen LogP contribution in [0.5, 0.6) is 5.75 Å². The number of imidazole rings is 1. The van der Waals surface area contributed by atoms with Crippen LogP contribution in [0.1, 0.15) is 16.7 Å². The Labute approximate surface area is 163 Å². The average molecular weight is 382 g/mol. The van der Waals surface area contributed by atoms with Crippen LogP contribution in [-0.4, -0.2) is 28.3 Å². The molecule has 0 spiro atoms. The number of methoxy groups -OCH3 is 1. The van der Waals surface area contributed by atoms with Crippen LogP contribution in [0.15, 0.2) is 60.0 Å². The van der Waals surface area contributed by atoms with Gasteiger partial charge in [-0.05, 0) is 43.2 Å². The molecule has 5 nitrogen and oxygen atoms in total. The zero-order valence-electron chi connectivity index (χ0n) is 15.7. The summed E-state index contributed by atoms with van der Waals surface area (Å²) in [5.74, 6) is 1.10. The second-order valence-corrected chi connectivity index (χ2v) is 7.31. The van der Waals surface area contributed by atoms with Gasteiger partial charge in [0.1, 0.15) is 5.75 Å². The van der Waals surface area contributed by atoms with E-state index in [1.54, 1.807) is 13.3 Å². The number of anilines is 1. The lowest BCUT2D eigenvalue weighted by Crippen LogP contribution is -2.15. The highest BCUT2D eigenvalue weighted by Gasteiger charge is 2.10. The quantitative estimate of drug-likeness (QED) is 0.621. The fourth-order valence-corrected chi connectivity index (χ4v) is 3.71. The molecule has 1 amide bonds. The summed E-state index contributed by atoms with van der Waals surface area (Å²) < 4.78 is 7.43. The molecule has 27 heavy (non-hydrogen) atoms. The van der Waals surface area contributed by atoms with Crippen molar-refractivity contribution >= 4 is 23.4 Å². The number of carbonyl (C=O) groups excluding carboxylic acids is 1. The number of hydrogen-bond acceptors (Lipinski definition) is 4. The number of aryl methyl sites for hydroxylation is 2. The first-order valence-electron chi connectivity index (χ1n) is 8.69. The number of benzene rings is 2. The fraction of sp³-hybridized carbons (Fsp3) is 0.238. The zero-order chi connectivity index (χ0) is 19.2. The molecule has 0 unspecified atom stereocenters. The van der Waals surface area contributed by atoms with Crippen molar-refractivity contribution in [2.75, 3.05) is 18.2 Å². The highest BCUT2D eigenvalue weighted by atomic mass is 32.2. The molecule has 0 radical (unpaired) electrons. The number of ether oxygens (including phenoxy) is 1. The lowest BCUT2D eigenvalue weighted by atomic mass is 10.1. The summed E-state index contributed by atoms with van der Waals surface area (Å²) in [6.45, 7) is 4.68. The van der Waals surface area contributed by atoms with Crippen LogP contribution in [0, 0.1) is 13.8 Å². The summed E-state index contributed by atoms with van der Waals surface area (Å²) in [4.78, 5) is 16.7. The molecule has 0 aliphatic rings. The van der Waals surface area contributed by atoms with Gasteiger partial charge in [0.25, 0.3) is 0 Å². The maximum Gasteiger partial charge on any atom is 0.234 e. The van der Waals surface area contributed by atoms with Gasteiger partial charge in [-0.25, -0.2) is 4.98 Å². The van der Waals surface area contributed by atoms with Gasteiger partial charge in [-0.15, -0.1) is 0 Å². The minimum Gasteiger partial charge on any atom is -0.496 e. The molecule has 140 valence electrons. The molecule has 1 aromatic heterocycles.